The van der Waals surface area contributed by atoms with Crippen molar-refractivity contribution in [3.8, 4) is 0 Å². The Morgan fingerprint density at radius 3 is 2.75 bits per heavy atom. The number of aromatic nitrogens is 2. The number of aliphatic hydroxyl groups is 1. The summed E-state index contributed by atoms with van der Waals surface area (Å²) in [5.41, 5.74) is 0.609. The molecule has 3 unspecified atom stereocenters. The van der Waals surface area contributed by atoms with Crippen molar-refractivity contribution in [1.29, 1.82) is 0 Å². The Morgan fingerprint density at radius 2 is 2.10 bits per heavy atom. The second-order valence-electron chi connectivity index (χ2n) is 6.98. The fourth-order valence-corrected chi connectivity index (χ4v) is 4.21. The number of amides is 1. The maximum absolute atomic E-state index is 12.7. The first-order valence-corrected chi connectivity index (χ1v) is 7.95. The van der Waals surface area contributed by atoms with Crippen LogP contribution in [0.5, 0.6) is 0 Å². The largest absolute Gasteiger partial charge is 0.393 e. The van der Waals surface area contributed by atoms with Crippen LogP contribution >= 0.6 is 11.5 Å². The molecular formula is C14H21N3O2S. The summed E-state index contributed by atoms with van der Waals surface area (Å²) in [6, 6.07) is 0. The average Bonchev–Trinajstić information content (AvgIpc) is 3.04. The highest BCUT2D eigenvalue weighted by atomic mass is 32.1. The zero-order valence-electron chi connectivity index (χ0n) is 12.2. The van der Waals surface area contributed by atoms with E-state index < -0.39 is 0 Å². The summed E-state index contributed by atoms with van der Waals surface area (Å²) in [6.45, 7) is 7.57. The minimum absolute atomic E-state index is 0.0338. The molecule has 0 spiro atoms. The van der Waals surface area contributed by atoms with Gasteiger partial charge in [-0.3, -0.25) is 4.79 Å². The van der Waals surface area contributed by atoms with Crippen LogP contribution in [0.15, 0.2) is 0 Å². The van der Waals surface area contributed by atoms with E-state index in [0.717, 1.165) is 25.1 Å². The molecule has 20 heavy (non-hydrogen) atoms. The molecule has 3 rings (SSSR count). The van der Waals surface area contributed by atoms with Crippen LogP contribution in [0, 0.1) is 11.8 Å². The monoisotopic (exact) mass is 295 g/mol. The second-order valence-corrected chi connectivity index (χ2v) is 7.73. The summed E-state index contributed by atoms with van der Waals surface area (Å²) in [6.07, 6.45) is 1.68. The number of hydrogen-bond acceptors (Lipinski definition) is 5. The van der Waals surface area contributed by atoms with Crippen LogP contribution in [0.3, 0.4) is 0 Å². The molecule has 110 valence electrons. The lowest BCUT2D eigenvalue weighted by Crippen LogP contribution is -2.32. The van der Waals surface area contributed by atoms with Crippen molar-refractivity contribution in [1.82, 2.24) is 14.5 Å². The molecule has 1 N–H and O–H groups in total. The Kier molecular flexibility index (Phi) is 3.33. The molecule has 5 nitrogen and oxygen atoms in total. The molecule has 1 aliphatic carbocycles. The summed E-state index contributed by atoms with van der Waals surface area (Å²) in [5, 5.41) is 14.1. The van der Waals surface area contributed by atoms with Crippen molar-refractivity contribution in [2.75, 3.05) is 13.1 Å². The third-order valence-corrected chi connectivity index (χ3v) is 5.21. The van der Waals surface area contributed by atoms with Crippen LogP contribution < -0.4 is 0 Å². The van der Waals surface area contributed by atoms with Crippen LogP contribution in [0.4, 0.5) is 0 Å². The maximum atomic E-state index is 12.7. The lowest BCUT2D eigenvalue weighted by Gasteiger charge is -2.21. The van der Waals surface area contributed by atoms with Gasteiger partial charge in [-0.25, -0.2) is 0 Å². The molecule has 3 atom stereocenters. The highest BCUT2D eigenvalue weighted by molar-refractivity contribution is 7.08. The molecule has 0 aromatic carbocycles. The van der Waals surface area contributed by atoms with E-state index in [1.807, 2.05) is 25.7 Å². The number of hydrogen-bond donors (Lipinski definition) is 1. The first-order valence-electron chi connectivity index (χ1n) is 7.18. The van der Waals surface area contributed by atoms with E-state index in [9.17, 15) is 9.90 Å². The number of carbonyl (C=O) groups is 1. The van der Waals surface area contributed by atoms with Crippen LogP contribution in [0.2, 0.25) is 0 Å². The highest BCUT2D eigenvalue weighted by Gasteiger charge is 2.44. The SMILES string of the molecule is CC(C)(C)c1nnsc1C(=O)N1CC2CCC(O)C2C1. The van der Waals surface area contributed by atoms with Gasteiger partial charge in [0.1, 0.15) is 4.88 Å². The quantitative estimate of drug-likeness (QED) is 0.856. The second kappa shape index (κ2) is 4.77. The smallest absolute Gasteiger partial charge is 0.267 e. The Labute approximate surface area is 123 Å². The van der Waals surface area contributed by atoms with Crippen molar-refractivity contribution in [3.63, 3.8) is 0 Å². The van der Waals surface area contributed by atoms with Crippen molar-refractivity contribution >= 4 is 17.4 Å². The van der Waals surface area contributed by atoms with Gasteiger partial charge in [0.05, 0.1) is 11.8 Å². The summed E-state index contributed by atoms with van der Waals surface area (Å²) in [5.74, 6) is 0.761. The number of rotatable bonds is 1. The van der Waals surface area contributed by atoms with Gasteiger partial charge < -0.3 is 10.0 Å². The Bertz CT molecular complexity index is 523. The van der Waals surface area contributed by atoms with Crippen molar-refractivity contribution in [2.24, 2.45) is 11.8 Å². The minimum atomic E-state index is -0.237. The van der Waals surface area contributed by atoms with E-state index in [4.69, 9.17) is 0 Å². The lowest BCUT2D eigenvalue weighted by molar-refractivity contribution is 0.0754. The van der Waals surface area contributed by atoms with Gasteiger partial charge in [-0.1, -0.05) is 25.3 Å². The number of fused-ring (bicyclic) bond motifs is 1. The van der Waals surface area contributed by atoms with Crippen molar-refractivity contribution in [3.05, 3.63) is 10.6 Å². The summed E-state index contributed by atoms with van der Waals surface area (Å²) in [4.78, 5) is 15.2. The molecule has 2 heterocycles. The predicted octanol–water partition coefficient (Wildman–Crippen LogP) is 1.68. The number of nitrogens with zero attached hydrogens (tertiary/aromatic N) is 3. The molecule has 0 radical (unpaired) electrons. The topological polar surface area (TPSA) is 66.3 Å². The molecule has 2 fully saturated rings. The van der Waals surface area contributed by atoms with Gasteiger partial charge in [0.2, 0.25) is 0 Å². The zero-order chi connectivity index (χ0) is 14.5. The number of likely N-dealkylation sites (tertiary alicyclic amines) is 1. The molecule has 1 saturated carbocycles. The fraction of sp³-hybridized carbons (Fsp3) is 0.786. The minimum Gasteiger partial charge on any atom is -0.393 e. The van der Waals surface area contributed by atoms with Gasteiger partial charge >= 0.3 is 0 Å². The van der Waals surface area contributed by atoms with Gasteiger partial charge in [-0.2, -0.15) is 0 Å². The van der Waals surface area contributed by atoms with E-state index >= 15 is 0 Å². The van der Waals surface area contributed by atoms with E-state index in [2.05, 4.69) is 9.59 Å². The normalized spacial score (nSPS) is 29.8. The van der Waals surface area contributed by atoms with Gasteiger partial charge in [0.15, 0.2) is 0 Å². The third-order valence-electron chi connectivity index (χ3n) is 4.50. The van der Waals surface area contributed by atoms with Crippen LogP contribution in [0.1, 0.15) is 49.0 Å². The Balaban J connectivity index is 1.80. The first-order chi connectivity index (χ1) is 9.38. The molecule has 6 heteroatoms. The van der Waals surface area contributed by atoms with E-state index in [-0.39, 0.29) is 23.3 Å². The molecule has 1 amide bonds. The van der Waals surface area contributed by atoms with Gasteiger partial charge in [0, 0.05) is 24.4 Å². The van der Waals surface area contributed by atoms with Crippen LogP contribution in [0.25, 0.3) is 0 Å². The molecule has 1 aliphatic heterocycles. The Morgan fingerprint density at radius 1 is 1.35 bits per heavy atom. The van der Waals surface area contributed by atoms with Crippen LogP contribution in [-0.2, 0) is 5.41 Å². The van der Waals surface area contributed by atoms with Gasteiger partial charge in [-0.05, 0) is 30.3 Å². The summed E-state index contributed by atoms with van der Waals surface area (Å²) in [7, 11) is 0. The molecular weight excluding hydrogens is 274 g/mol. The Hall–Kier alpha value is -1.01. The van der Waals surface area contributed by atoms with E-state index in [0.29, 0.717) is 17.3 Å². The zero-order valence-corrected chi connectivity index (χ0v) is 13.0. The summed E-state index contributed by atoms with van der Waals surface area (Å²) >= 11 is 1.19. The first kappa shape index (κ1) is 13.9. The fourth-order valence-electron chi connectivity index (χ4n) is 3.37. The summed E-state index contributed by atoms with van der Waals surface area (Å²) < 4.78 is 3.96. The van der Waals surface area contributed by atoms with E-state index in [1.54, 1.807) is 0 Å². The molecule has 1 aromatic rings. The molecule has 2 aliphatic rings. The lowest BCUT2D eigenvalue weighted by atomic mass is 9.91. The maximum Gasteiger partial charge on any atom is 0.267 e. The molecule has 1 saturated heterocycles. The molecule has 1 aromatic heterocycles. The average molecular weight is 295 g/mol. The van der Waals surface area contributed by atoms with Crippen molar-refractivity contribution < 1.29 is 9.90 Å². The number of aliphatic hydroxyl groups excluding tert-OH is 1. The number of carbonyl (C=O) groups excluding carboxylic acids is 1. The van der Waals surface area contributed by atoms with Gasteiger partial charge in [0.25, 0.3) is 5.91 Å². The highest BCUT2D eigenvalue weighted by Crippen LogP contribution is 2.39. The molecule has 0 bridgehead atoms. The predicted molar refractivity (Wildman–Crippen MR) is 76.7 cm³/mol. The standard InChI is InChI=1S/C14H21N3O2S/c1-14(2,3)12-11(20-16-15-12)13(19)17-6-8-4-5-10(18)9(8)7-17/h8-10,18H,4-7H2,1-3H3. The van der Waals surface area contributed by atoms with Crippen LogP contribution in [-0.4, -0.2) is 44.7 Å². The third kappa shape index (κ3) is 2.24. The van der Waals surface area contributed by atoms with Crippen molar-refractivity contribution in [2.45, 2.75) is 45.1 Å². The van der Waals surface area contributed by atoms with E-state index in [1.165, 1.54) is 11.5 Å². The van der Waals surface area contributed by atoms with Gasteiger partial charge in [-0.15, -0.1) is 5.10 Å².